The topological polar surface area (TPSA) is 64.0 Å². The van der Waals surface area contributed by atoms with E-state index < -0.39 is 5.69 Å². The first-order valence-electron chi connectivity index (χ1n) is 6.07. The minimum Gasteiger partial charge on any atom is -0.323 e. The van der Waals surface area contributed by atoms with E-state index in [2.05, 4.69) is 10.3 Å². The van der Waals surface area contributed by atoms with Crippen LogP contribution in [0.1, 0.15) is 11.4 Å². The largest absolute Gasteiger partial charge is 0.348 e. The number of anilines is 1. The molecule has 0 bridgehead atoms. The second kappa shape index (κ2) is 5.88. The summed E-state index contributed by atoms with van der Waals surface area (Å²) in [6.07, 6.45) is 0. The van der Waals surface area contributed by atoms with Gasteiger partial charge in [-0.2, -0.15) is 4.98 Å². The second-order valence-electron chi connectivity index (χ2n) is 4.44. The lowest BCUT2D eigenvalue weighted by molar-refractivity contribution is -0.116. The van der Waals surface area contributed by atoms with Gasteiger partial charge in [-0.15, -0.1) is 0 Å². The summed E-state index contributed by atoms with van der Waals surface area (Å²) in [7, 11) is 0. The number of carbonyl (C=O) groups is 1. The zero-order chi connectivity index (χ0) is 14.7. The van der Waals surface area contributed by atoms with Crippen molar-refractivity contribution in [3.05, 3.63) is 57.2 Å². The lowest BCUT2D eigenvalue weighted by atomic mass is 10.3. The number of carbonyl (C=O) groups excluding carboxylic acids is 1. The van der Waals surface area contributed by atoms with E-state index >= 15 is 0 Å². The molecule has 0 saturated carbocycles. The van der Waals surface area contributed by atoms with Crippen molar-refractivity contribution in [2.24, 2.45) is 0 Å². The summed E-state index contributed by atoms with van der Waals surface area (Å²) in [4.78, 5) is 27.5. The molecule has 1 N–H and O–H groups in total. The van der Waals surface area contributed by atoms with Gasteiger partial charge in [-0.3, -0.25) is 9.36 Å². The Morgan fingerprint density at radius 1 is 1.35 bits per heavy atom. The predicted molar refractivity (Wildman–Crippen MR) is 78.1 cm³/mol. The van der Waals surface area contributed by atoms with Gasteiger partial charge >= 0.3 is 5.69 Å². The highest BCUT2D eigenvalue weighted by atomic mass is 35.5. The van der Waals surface area contributed by atoms with Crippen molar-refractivity contribution in [2.45, 2.75) is 20.4 Å². The molecule has 0 saturated heterocycles. The highest BCUT2D eigenvalue weighted by Crippen LogP contribution is 2.20. The van der Waals surface area contributed by atoms with Gasteiger partial charge < -0.3 is 5.32 Å². The van der Waals surface area contributed by atoms with E-state index in [0.29, 0.717) is 22.1 Å². The summed E-state index contributed by atoms with van der Waals surface area (Å²) in [5.74, 6) is -0.325. The number of rotatable bonds is 3. The number of hydrogen-bond acceptors (Lipinski definition) is 3. The molecule has 0 aliphatic heterocycles. The van der Waals surface area contributed by atoms with Crippen molar-refractivity contribution < 1.29 is 4.79 Å². The molecule has 0 atom stereocenters. The molecule has 104 valence electrons. The summed E-state index contributed by atoms with van der Waals surface area (Å²) in [6.45, 7) is 3.41. The monoisotopic (exact) mass is 291 g/mol. The highest BCUT2D eigenvalue weighted by molar-refractivity contribution is 6.33. The van der Waals surface area contributed by atoms with Gasteiger partial charge in [-0.05, 0) is 32.0 Å². The minimum atomic E-state index is -0.434. The summed E-state index contributed by atoms with van der Waals surface area (Å²) >= 11 is 5.96. The normalized spacial score (nSPS) is 10.3. The van der Waals surface area contributed by atoms with Crippen LogP contribution in [0.5, 0.6) is 0 Å². The number of hydrogen-bond donors (Lipinski definition) is 1. The van der Waals surface area contributed by atoms with Gasteiger partial charge in [0.1, 0.15) is 6.54 Å². The fourth-order valence-corrected chi connectivity index (χ4v) is 2.05. The average molecular weight is 292 g/mol. The molecule has 1 aromatic heterocycles. The zero-order valence-electron chi connectivity index (χ0n) is 11.2. The Labute approximate surface area is 121 Å². The molecular formula is C14H14ClN3O2. The van der Waals surface area contributed by atoms with Crippen LogP contribution in [0, 0.1) is 13.8 Å². The number of aromatic nitrogens is 2. The molecule has 0 aliphatic rings. The molecule has 1 amide bonds. The third-order valence-electron chi connectivity index (χ3n) is 2.80. The molecule has 6 heteroatoms. The first-order valence-corrected chi connectivity index (χ1v) is 6.44. The maximum absolute atomic E-state index is 12.0. The fraction of sp³-hybridized carbons (Fsp3) is 0.214. The van der Waals surface area contributed by atoms with Gasteiger partial charge in [0.05, 0.1) is 10.7 Å². The Bertz CT molecular complexity index is 710. The molecule has 0 spiro atoms. The quantitative estimate of drug-likeness (QED) is 0.942. The number of amides is 1. The lowest BCUT2D eigenvalue weighted by Crippen LogP contribution is -2.31. The number of para-hydroxylation sites is 1. The van der Waals surface area contributed by atoms with Gasteiger partial charge in [-0.1, -0.05) is 23.7 Å². The van der Waals surface area contributed by atoms with Crippen LogP contribution in [0.15, 0.2) is 35.1 Å². The predicted octanol–water partition coefficient (Wildman–Crippen LogP) is 2.15. The SMILES string of the molecule is Cc1cc(C)n(CC(=O)Nc2ccccc2Cl)c(=O)n1. The molecule has 0 radical (unpaired) electrons. The summed E-state index contributed by atoms with van der Waals surface area (Å²) in [5, 5.41) is 3.12. The van der Waals surface area contributed by atoms with Crippen LogP contribution < -0.4 is 11.0 Å². The van der Waals surface area contributed by atoms with Gasteiger partial charge in [0.2, 0.25) is 5.91 Å². The van der Waals surface area contributed by atoms with Crippen LogP contribution in [0.25, 0.3) is 0 Å². The number of nitrogens with zero attached hydrogens (tertiary/aromatic N) is 2. The first kappa shape index (κ1) is 14.3. The Morgan fingerprint density at radius 3 is 2.70 bits per heavy atom. The smallest absolute Gasteiger partial charge is 0.323 e. The standard InChI is InChI=1S/C14H14ClN3O2/c1-9-7-10(2)18(14(20)16-9)8-13(19)17-12-6-4-3-5-11(12)15/h3-7H,8H2,1-2H3,(H,17,19). The van der Waals surface area contributed by atoms with Crippen LogP contribution in [0.2, 0.25) is 5.02 Å². The third kappa shape index (κ3) is 3.24. The van der Waals surface area contributed by atoms with E-state index in [9.17, 15) is 9.59 Å². The number of aryl methyl sites for hydroxylation is 2. The van der Waals surface area contributed by atoms with E-state index in [1.807, 2.05) is 0 Å². The Morgan fingerprint density at radius 2 is 2.05 bits per heavy atom. The summed E-state index contributed by atoms with van der Waals surface area (Å²) in [6, 6.07) is 8.68. The maximum atomic E-state index is 12.0. The fourth-order valence-electron chi connectivity index (χ4n) is 1.86. The van der Waals surface area contributed by atoms with E-state index in [-0.39, 0.29) is 12.5 Å². The van der Waals surface area contributed by atoms with Crippen LogP contribution in [-0.4, -0.2) is 15.5 Å². The molecule has 0 unspecified atom stereocenters. The van der Waals surface area contributed by atoms with Crippen molar-refractivity contribution in [3.8, 4) is 0 Å². The van der Waals surface area contributed by atoms with E-state index in [4.69, 9.17) is 11.6 Å². The Hall–Kier alpha value is -2.14. The molecular weight excluding hydrogens is 278 g/mol. The average Bonchev–Trinajstić information content (AvgIpc) is 2.36. The number of halogens is 1. The number of benzene rings is 1. The van der Waals surface area contributed by atoms with Crippen molar-refractivity contribution in [1.82, 2.24) is 9.55 Å². The minimum absolute atomic E-state index is 0.0941. The molecule has 20 heavy (non-hydrogen) atoms. The van der Waals surface area contributed by atoms with E-state index in [1.54, 1.807) is 44.2 Å². The van der Waals surface area contributed by atoms with Crippen LogP contribution >= 0.6 is 11.6 Å². The first-order chi connectivity index (χ1) is 9.47. The van der Waals surface area contributed by atoms with Gasteiger partial charge in [0.15, 0.2) is 0 Å². The van der Waals surface area contributed by atoms with Gasteiger partial charge in [0.25, 0.3) is 0 Å². The third-order valence-corrected chi connectivity index (χ3v) is 3.13. The number of nitrogens with one attached hydrogen (secondary N) is 1. The Balaban J connectivity index is 2.17. The van der Waals surface area contributed by atoms with Crippen LogP contribution in [0.4, 0.5) is 5.69 Å². The maximum Gasteiger partial charge on any atom is 0.348 e. The zero-order valence-corrected chi connectivity index (χ0v) is 11.9. The van der Waals surface area contributed by atoms with Gasteiger partial charge in [0, 0.05) is 11.4 Å². The second-order valence-corrected chi connectivity index (χ2v) is 4.84. The molecule has 2 aromatic rings. The van der Waals surface area contributed by atoms with Crippen molar-refractivity contribution >= 4 is 23.2 Å². The molecule has 0 aliphatic carbocycles. The van der Waals surface area contributed by atoms with E-state index in [1.165, 1.54) is 4.57 Å². The highest BCUT2D eigenvalue weighted by Gasteiger charge is 2.10. The van der Waals surface area contributed by atoms with Crippen molar-refractivity contribution in [3.63, 3.8) is 0 Å². The van der Waals surface area contributed by atoms with Crippen molar-refractivity contribution in [1.29, 1.82) is 0 Å². The van der Waals surface area contributed by atoms with Crippen molar-refractivity contribution in [2.75, 3.05) is 5.32 Å². The Kier molecular flexibility index (Phi) is 4.20. The van der Waals surface area contributed by atoms with Crippen LogP contribution in [-0.2, 0) is 11.3 Å². The van der Waals surface area contributed by atoms with Crippen LogP contribution in [0.3, 0.4) is 0 Å². The molecule has 0 fully saturated rings. The molecule has 5 nitrogen and oxygen atoms in total. The summed E-state index contributed by atoms with van der Waals surface area (Å²) in [5.41, 5.74) is 1.41. The lowest BCUT2D eigenvalue weighted by Gasteiger charge is -2.11. The van der Waals surface area contributed by atoms with E-state index in [0.717, 1.165) is 0 Å². The molecule has 1 heterocycles. The molecule has 1 aromatic carbocycles. The van der Waals surface area contributed by atoms with Gasteiger partial charge in [-0.25, -0.2) is 4.79 Å². The molecule has 2 rings (SSSR count). The summed E-state index contributed by atoms with van der Waals surface area (Å²) < 4.78 is 1.32.